The SMILES string of the molecule is CCOc1cc(C(=O)NCC(C(C)C)N2CCC(C)CC2)c([N+](=O)[O-])cc1OC. The van der Waals surface area contributed by atoms with Gasteiger partial charge in [0.1, 0.15) is 5.56 Å². The molecule has 162 valence electrons. The summed E-state index contributed by atoms with van der Waals surface area (Å²) in [5, 5.41) is 14.4. The Morgan fingerprint density at radius 2 is 1.97 bits per heavy atom. The highest BCUT2D eigenvalue weighted by molar-refractivity contribution is 5.99. The van der Waals surface area contributed by atoms with Crippen LogP contribution in [0.5, 0.6) is 11.5 Å². The van der Waals surface area contributed by atoms with Crippen molar-refractivity contribution in [2.24, 2.45) is 11.8 Å². The molecule has 1 fully saturated rings. The molecule has 1 aromatic rings. The third kappa shape index (κ3) is 5.82. The summed E-state index contributed by atoms with van der Waals surface area (Å²) in [5.74, 6) is 1.16. The Morgan fingerprint density at radius 3 is 2.48 bits per heavy atom. The number of rotatable bonds is 9. The maximum absolute atomic E-state index is 12.9. The molecule has 0 spiro atoms. The summed E-state index contributed by atoms with van der Waals surface area (Å²) >= 11 is 0. The van der Waals surface area contributed by atoms with Crippen molar-refractivity contribution in [2.45, 2.75) is 46.6 Å². The second-order valence-electron chi connectivity index (χ2n) is 7.95. The molecule has 1 aliphatic heterocycles. The van der Waals surface area contributed by atoms with E-state index in [4.69, 9.17) is 9.47 Å². The van der Waals surface area contributed by atoms with Gasteiger partial charge in [-0.2, -0.15) is 0 Å². The Hall–Kier alpha value is -2.35. The maximum Gasteiger partial charge on any atom is 0.286 e. The quantitative estimate of drug-likeness (QED) is 0.497. The highest BCUT2D eigenvalue weighted by atomic mass is 16.6. The molecule has 1 aliphatic rings. The molecule has 1 atom stereocenters. The second kappa shape index (κ2) is 10.4. The first-order valence-corrected chi connectivity index (χ1v) is 10.3. The fourth-order valence-corrected chi connectivity index (χ4v) is 3.75. The fourth-order valence-electron chi connectivity index (χ4n) is 3.75. The van der Waals surface area contributed by atoms with E-state index in [0.717, 1.165) is 31.8 Å². The number of nitro groups is 1. The van der Waals surface area contributed by atoms with E-state index in [9.17, 15) is 14.9 Å². The van der Waals surface area contributed by atoms with Crippen molar-refractivity contribution in [3.05, 3.63) is 27.8 Å². The monoisotopic (exact) mass is 407 g/mol. The van der Waals surface area contributed by atoms with Gasteiger partial charge in [-0.05, 0) is 44.7 Å². The van der Waals surface area contributed by atoms with Gasteiger partial charge in [0.2, 0.25) is 0 Å². The van der Waals surface area contributed by atoms with Crippen LogP contribution < -0.4 is 14.8 Å². The molecule has 8 heteroatoms. The number of hydrogen-bond acceptors (Lipinski definition) is 6. The maximum atomic E-state index is 12.9. The van der Waals surface area contributed by atoms with Gasteiger partial charge in [-0.3, -0.25) is 19.8 Å². The Labute approximate surface area is 172 Å². The summed E-state index contributed by atoms with van der Waals surface area (Å²) in [6.07, 6.45) is 2.30. The molecular weight excluding hydrogens is 374 g/mol. The van der Waals surface area contributed by atoms with Crippen LogP contribution in [0.2, 0.25) is 0 Å². The van der Waals surface area contributed by atoms with E-state index < -0.39 is 10.8 Å². The number of piperidine rings is 1. The molecule has 0 bridgehead atoms. The van der Waals surface area contributed by atoms with Crippen molar-refractivity contribution in [3.8, 4) is 11.5 Å². The fraction of sp³-hybridized carbons (Fsp3) is 0.667. The highest BCUT2D eigenvalue weighted by Gasteiger charge is 2.28. The van der Waals surface area contributed by atoms with E-state index in [1.54, 1.807) is 6.92 Å². The van der Waals surface area contributed by atoms with Gasteiger partial charge in [0.05, 0.1) is 24.7 Å². The van der Waals surface area contributed by atoms with E-state index >= 15 is 0 Å². The lowest BCUT2D eigenvalue weighted by Crippen LogP contribution is -2.49. The molecule has 0 saturated carbocycles. The third-order valence-corrected chi connectivity index (χ3v) is 5.55. The van der Waals surface area contributed by atoms with Crippen molar-refractivity contribution < 1.29 is 19.2 Å². The summed E-state index contributed by atoms with van der Waals surface area (Å²) in [7, 11) is 1.41. The number of carbonyl (C=O) groups is 1. The summed E-state index contributed by atoms with van der Waals surface area (Å²) in [4.78, 5) is 26.2. The van der Waals surface area contributed by atoms with E-state index in [1.165, 1.54) is 19.2 Å². The number of carbonyl (C=O) groups excluding carboxylic acids is 1. The van der Waals surface area contributed by atoms with Gasteiger partial charge in [-0.1, -0.05) is 20.8 Å². The minimum Gasteiger partial charge on any atom is -0.493 e. The van der Waals surface area contributed by atoms with Crippen LogP contribution in [0.15, 0.2) is 12.1 Å². The largest absolute Gasteiger partial charge is 0.493 e. The lowest BCUT2D eigenvalue weighted by atomic mass is 9.94. The van der Waals surface area contributed by atoms with E-state index in [0.29, 0.717) is 24.8 Å². The van der Waals surface area contributed by atoms with Gasteiger partial charge in [-0.25, -0.2) is 0 Å². The molecule has 8 nitrogen and oxygen atoms in total. The number of methoxy groups -OCH3 is 1. The number of nitrogens with zero attached hydrogens (tertiary/aromatic N) is 2. The highest BCUT2D eigenvalue weighted by Crippen LogP contribution is 2.34. The lowest BCUT2D eigenvalue weighted by molar-refractivity contribution is -0.385. The first-order valence-electron chi connectivity index (χ1n) is 10.3. The van der Waals surface area contributed by atoms with Crippen molar-refractivity contribution >= 4 is 11.6 Å². The topological polar surface area (TPSA) is 93.9 Å². The molecule has 0 aliphatic carbocycles. The van der Waals surface area contributed by atoms with Crippen LogP contribution in [0.25, 0.3) is 0 Å². The number of likely N-dealkylation sites (tertiary alicyclic amines) is 1. The van der Waals surface area contributed by atoms with Crippen molar-refractivity contribution in [3.63, 3.8) is 0 Å². The Morgan fingerprint density at radius 1 is 1.31 bits per heavy atom. The minimum absolute atomic E-state index is 0.0194. The molecule has 0 radical (unpaired) electrons. The minimum atomic E-state index is -0.570. The first kappa shape index (κ1) is 22.9. The van der Waals surface area contributed by atoms with Crippen LogP contribution in [0.1, 0.15) is 50.9 Å². The van der Waals surface area contributed by atoms with Gasteiger partial charge in [0.25, 0.3) is 11.6 Å². The standard InChI is InChI=1S/C21H33N3O5/c1-6-29-20-11-16(17(24(26)27)12-19(20)28-5)21(25)22-13-18(14(2)3)23-9-7-15(4)8-10-23/h11-12,14-15,18H,6-10,13H2,1-5H3,(H,22,25). The number of amides is 1. The van der Waals surface area contributed by atoms with Crippen LogP contribution in [0.4, 0.5) is 5.69 Å². The van der Waals surface area contributed by atoms with Crippen molar-refractivity contribution in [2.75, 3.05) is 33.4 Å². The lowest BCUT2D eigenvalue weighted by Gasteiger charge is -2.38. The number of hydrogen-bond donors (Lipinski definition) is 1. The Kier molecular flexibility index (Phi) is 8.25. The molecule has 1 unspecified atom stereocenters. The number of nitro benzene ring substituents is 1. The molecule has 1 aromatic carbocycles. The molecule has 1 amide bonds. The predicted molar refractivity (Wildman–Crippen MR) is 112 cm³/mol. The van der Waals surface area contributed by atoms with Crippen molar-refractivity contribution in [1.82, 2.24) is 10.2 Å². The molecule has 1 N–H and O–H groups in total. The van der Waals surface area contributed by atoms with Gasteiger partial charge in [0, 0.05) is 18.7 Å². The third-order valence-electron chi connectivity index (χ3n) is 5.55. The van der Waals surface area contributed by atoms with Gasteiger partial charge < -0.3 is 14.8 Å². The summed E-state index contributed by atoms with van der Waals surface area (Å²) < 4.78 is 10.7. The van der Waals surface area contributed by atoms with Crippen LogP contribution >= 0.6 is 0 Å². The average Bonchev–Trinajstić information content (AvgIpc) is 2.68. The van der Waals surface area contributed by atoms with Crippen LogP contribution in [0, 0.1) is 22.0 Å². The zero-order valence-corrected chi connectivity index (χ0v) is 18.1. The Balaban J connectivity index is 2.19. The number of benzene rings is 1. The second-order valence-corrected chi connectivity index (χ2v) is 7.95. The van der Waals surface area contributed by atoms with Crippen LogP contribution in [-0.4, -0.2) is 55.1 Å². The molecule has 1 saturated heterocycles. The number of ether oxygens (including phenoxy) is 2. The molecule has 0 aromatic heterocycles. The smallest absolute Gasteiger partial charge is 0.286 e. The zero-order valence-electron chi connectivity index (χ0n) is 18.1. The van der Waals surface area contributed by atoms with Crippen LogP contribution in [0.3, 0.4) is 0 Å². The summed E-state index contributed by atoms with van der Waals surface area (Å²) in [6, 6.07) is 2.82. The van der Waals surface area contributed by atoms with Gasteiger partial charge in [-0.15, -0.1) is 0 Å². The molecule has 29 heavy (non-hydrogen) atoms. The van der Waals surface area contributed by atoms with E-state index in [-0.39, 0.29) is 23.0 Å². The molecule has 2 rings (SSSR count). The summed E-state index contributed by atoms with van der Waals surface area (Å²) in [5.41, 5.74) is -0.315. The van der Waals surface area contributed by atoms with Crippen LogP contribution in [-0.2, 0) is 0 Å². The van der Waals surface area contributed by atoms with E-state index in [2.05, 4.69) is 31.0 Å². The first-order chi connectivity index (χ1) is 13.8. The van der Waals surface area contributed by atoms with E-state index in [1.807, 2.05) is 0 Å². The average molecular weight is 408 g/mol. The van der Waals surface area contributed by atoms with Crippen molar-refractivity contribution in [1.29, 1.82) is 0 Å². The normalized spacial score (nSPS) is 16.5. The number of nitrogens with one attached hydrogen (secondary N) is 1. The van der Waals surface area contributed by atoms with Gasteiger partial charge >= 0.3 is 0 Å². The molecular formula is C21H33N3O5. The predicted octanol–water partition coefficient (Wildman–Crippen LogP) is 3.49. The van der Waals surface area contributed by atoms with Gasteiger partial charge in [0.15, 0.2) is 11.5 Å². The summed E-state index contributed by atoms with van der Waals surface area (Å²) in [6.45, 7) is 11.2. The Bertz CT molecular complexity index is 715. The zero-order chi connectivity index (χ0) is 21.6. The molecule has 1 heterocycles.